The minimum atomic E-state index is -0.546. The van der Waals surface area contributed by atoms with Crippen LogP contribution in [0.25, 0.3) is 0 Å². The Bertz CT molecular complexity index is 777. The van der Waals surface area contributed by atoms with Crippen molar-refractivity contribution in [2.24, 2.45) is 0 Å². The fourth-order valence-electron chi connectivity index (χ4n) is 2.88. The van der Waals surface area contributed by atoms with Crippen molar-refractivity contribution in [2.45, 2.75) is 25.9 Å². The highest BCUT2D eigenvalue weighted by Crippen LogP contribution is 2.46. The van der Waals surface area contributed by atoms with Gasteiger partial charge in [0.1, 0.15) is 23.4 Å². The van der Waals surface area contributed by atoms with Gasteiger partial charge in [-0.1, -0.05) is 29.8 Å². The van der Waals surface area contributed by atoms with E-state index in [0.29, 0.717) is 31.0 Å². The molecule has 1 aliphatic rings. The third-order valence-electron chi connectivity index (χ3n) is 4.17. The Hall–Kier alpha value is -2.82. The van der Waals surface area contributed by atoms with Crippen LogP contribution in [0, 0.1) is 6.92 Å². The van der Waals surface area contributed by atoms with Gasteiger partial charge in [0.25, 0.3) is 0 Å². The average molecular weight is 312 g/mol. The number of rotatable bonds is 3. The van der Waals surface area contributed by atoms with Gasteiger partial charge in [-0.2, -0.15) is 0 Å². The standard InChI is InChI=1S/C18H16O5/c1-10-2-4-11(5-3-10)15-7-6-12-16(21)13(8-19)17(22)14(9-20)18(12)23-15/h2-5,8-9,15,21-22H,6-7H2,1H3. The summed E-state index contributed by atoms with van der Waals surface area (Å²) in [4.78, 5) is 22.4. The van der Waals surface area contributed by atoms with Crippen LogP contribution >= 0.6 is 0 Å². The van der Waals surface area contributed by atoms with Crippen LogP contribution in [-0.4, -0.2) is 22.8 Å². The van der Waals surface area contributed by atoms with E-state index in [2.05, 4.69) is 0 Å². The summed E-state index contributed by atoms with van der Waals surface area (Å²) in [6.45, 7) is 1.99. The van der Waals surface area contributed by atoms with E-state index in [1.54, 1.807) is 0 Å². The molecule has 1 atom stereocenters. The Labute approximate surface area is 133 Å². The van der Waals surface area contributed by atoms with Gasteiger partial charge in [0.2, 0.25) is 0 Å². The third kappa shape index (κ3) is 2.44. The van der Waals surface area contributed by atoms with Crippen molar-refractivity contribution >= 4 is 12.6 Å². The first-order valence-corrected chi connectivity index (χ1v) is 7.31. The van der Waals surface area contributed by atoms with Crippen molar-refractivity contribution in [3.63, 3.8) is 0 Å². The largest absolute Gasteiger partial charge is 0.507 e. The molecule has 23 heavy (non-hydrogen) atoms. The smallest absolute Gasteiger partial charge is 0.157 e. The summed E-state index contributed by atoms with van der Waals surface area (Å²) in [5.74, 6) is -0.714. The molecule has 5 heteroatoms. The number of fused-ring (bicyclic) bond motifs is 1. The van der Waals surface area contributed by atoms with Gasteiger partial charge < -0.3 is 14.9 Å². The second kappa shape index (κ2) is 5.76. The number of carbonyl (C=O) groups excluding carboxylic acids is 2. The number of hydrogen-bond donors (Lipinski definition) is 2. The molecule has 0 fully saturated rings. The second-order valence-electron chi connectivity index (χ2n) is 5.62. The van der Waals surface area contributed by atoms with E-state index >= 15 is 0 Å². The van der Waals surface area contributed by atoms with E-state index in [9.17, 15) is 19.8 Å². The highest BCUT2D eigenvalue weighted by atomic mass is 16.5. The fraction of sp³-hybridized carbons (Fsp3) is 0.222. The highest BCUT2D eigenvalue weighted by Gasteiger charge is 2.30. The van der Waals surface area contributed by atoms with Gasteiger partial charge in [0.15, 0.2) is 12.6 Å². The maximum Gasteiger partial charge on any atom is 0.157 e. The van der Waals surface area contributed by atoms with Crippen LogP contribution < -0.4 is 4.74 Å². The summed E-state index contributed by atoms with van der Waals surface area (Å²) in [7, 11) is 0. The molecule has 0 bridgehead atoms. The molecule has 0 aromatic heterocycles. The lowest BCUT2D eigenvalue weighted by Gasteiger charge is -2.29. The summed E-state index contributed by atoms with van der Waals surface area (Å²) in [6.07, 6.45) is 1.55. The van der Waals surface area contributed by atoms with Crippen molar-refractivity contribution in [3.8, 4) is 17.2 Å². The number of ether oxygens (including phenoxy) is 1. The molecule has 2 aromatic carbocycles. The van der Waals surface area contributed by atoms with Crippen LogP contribution in [-0.2, 0) is 6.42 Å². The summed E-state index contributed by atoms with van der Waals surface area (Å²) >= 11 is 0. The molecular formula is C18H16O5. The van der Waals surface area contributed by atoms with Crippen molar-refractivity contribution in [3.05, 3.63) is 52.1 Å². The maximum absolute atomic E-state index is 11.3. The number of phenols is 2. The first-order valence-electron chi connectivity index (χ1n) is 7.31. The third-order valence-corrected chi connectivity index (χ3v) is 4.17. The number of hydrogen-bond acceptors (Lipinski definition) is 5. The molecule has 118 valence electrons. The van der Waals surface area contributed by atoms with E-state index in [0.717, 1.165) is 11.1 Å². The zero-order valence-corrected chi connectivity index (χ0v) is 12.6. The zero-order valence-electron chi connectivity index (χ0n) is 12.6. The molecular weight excluding hydrogens is 296 g/mol. The van der Waals surface area contributed by atoms with E-state index in [1.807, 2.05) is 31.2 Å². The van der Waals surface area contributed by atoms with Gasteiger partial charge in [-0.15, -0.1) is 0 Å². The van der Waals surface area contributed by atoms with Crippen LogP contribution in [0.2, 0.25) is 0 Å². The molecule has 5 nitrogen and oxygen atoms in total. The molecule has 2 N–H and O–H groups in total. The second-order valence-corrected chi connectivity index (χ2v) is 5.62. The molecule has 2 aromatic rings. The van der Waals surface area contributed by atoms with E-state index in [1.165, 1.54) is 0 Å². The van der Waals surface area contributed by atoms with Crippen LogP contribution in [0.15, 0.2) is 24.3 Å². The highest BCUT2D eigenvalue weighted by molar-refractivity contribution is 5.95. The van der Waals surface area contributed by atoms with E-state index in [4.69, 9.17) is 4.74 Å². The van der Waals surface area contributed by atoms with Crippen LogP contribution in [0.1, 0.15) is 49.9 Å². The molecule has 3 rings (SSSR count). The number of benzene rings is 2. The Kier molecular flexibility index (Phi) is 3.78. The molecule has 1 unspecified atom stereocenters. The van der Waals surface area contributed by atoms with Crippen molar-refractivity contribution in [1.82, 2.24) is 0 Å². The van der Waals surface area contributed by atoms with Gasteiger partial charge in [-0.05, 0) is 25.3 Å². The molecule has 0 aliphatic carbocycles. The molecule has 0 spiro atoms. The molecule has 0 amide bonds. The van der Waals surface area contributed by atoms with Gasteiger partial charge in [0.05, 0.1) is 11.1 Å². The van der Waals surface area contributed by atoms with Gasteiger partial charge in [-0.25, -0.2) is 0 Å². The zero-order chi connectivity index (χ0) is 16.6. The molecule has 1 aliphatic heterocycles. The van der Waals surface area contributed by atoms with Crippen LogP contribution in [0.4, 0.5) is 0 Å². The normalized spacial score (nSPS) is 16.3. The monoisotopic (exact) mass is 312 g/mol. The Morgan fingerprint density at radius 2 is 1.70 bits per heavy atom. The number of aldehydes is 2. The van der Waals surface area contributed by atoms with Crippen LogP contribution in [0.3, 0.4) is 0 Å². The summed E-state index contributed by atoms with van der Waals surface area (Å²) in [6, 6.07) is 7.84. The summed E-state index contributed by atoms with van der Waals surface area (Å²) in [5.41, 5.74) is 2.09. The topological polar surface area (TPSA) is 83.8 Å². The van der Waals surface area contributed by atoms with Crippen LogP contribution in [0.5, 0.6) is 17.2 Å². The van der Waals surface area contributed by atoms with Crippen molar-refractivity contribution in [2.75, 3.05) is 0 Å². The maximum atomic E-state index is 11.3. The number of phenolic OH excluding ortho intramolecular Hbond substituents is 2. The van der Waals surface area contributed by atoms with Gasteiger partial charge in [-0.3, -0.25) is 9.59 Å². The molecule has 0 saturated carbocycles. The molecule has 0 saturated heterocycles. The Morgan fingerprint density at radius 1 is 1.04 bits per heavy atom. The SMILES string of the molecule is Cc1ccc(C2CCc3c(O)c(C=O)c(O)c(C=O)c3O2)cc1. The van der Waals surface area contributed by atoms with Crippen molar-refractivity contribution in [1.29, 1.82) is 0 Å². The first-order chi connectivity index (χ1) is 11.1. The van der Waals surface area contributed by atoms with Crippen molar-refractivity contribution < 1.29 is 24.5 Å². The number of aromatic hydroxyl groups is 2. The fourth-order valence-corrected chi connectivity index (χ4v) is 2.88. The summed E-state index contributed by atoms with van der Waals surface area (Å²) < 4.78 is 5.87. The average Bonchev–Trinajstić information content (AvgIpc) is 2.56. The number of aryl methyl sites for hydroxylation is 1. The first kappa shape index (κ1) is 15.1. The Morgan fingerprint density at radius 3 is 2.30 bits per heavy atom. The quantitative estimate of drug-likeness (QED) is 0.851. The van der Waals surface area contributed by atoms with E-state index < -0.39 is 5.75 Å². The lowest BCUT2D eigenvalue weighted by Crippen LogP contribution is -2.17. The summed E-state index contributed by atoms with van der Waals surface area (Å²) in [5, 5.41) is 20.2. The Balaban J connectivity index is 2.08. The predicted octanol–water partition coefficient (Wildman–Crippen LogP) is 3.10. The van der Waals surface area contributed by atoms with Gasteiger partial charge in [0, 0.05) is 5.56 Å². The molecule has 1 heterocycles. The lowest BCUT2D eigenvalue weighted by molar-refractivity contribution is 0.110. The molecule has 0 radical (unpaired) electrons. The van der Waals surface area contributed by atoms with Gasteiger partial charge >= 0.3 is 0 Å². The number of carbonyl (C=O) groups is 2. The minimum Gasteiger partial charge on any atom is -0.507 e. The minimum absolute atomic E-state index is 0.100. The lowest BCUT2D eigenvalue weighted by atomic mass is 9.92. The predicted molar refractivity (Wildman–Crippen MR) is 83.4 cm³/mol. The van der Waals surface area contributed by atoms with E-state index in [-0.39, 0.29) is 28.7 Å².